The number of nitrogens with one attached hydrogen (secondary N) is 1. The average Bonchev–Trinajstić information content (AvgIpc) is 2.55. The van der Waals surface area contributed by atoms with Gasteiger partial charge in [-0.1, -0.05) is 12.1 Å². The second-order valence-electron chi connectivity index (χ2n) is 5.20. The Morgan fingerprint density at radius 2 is 2.00 bits per heavy atom. The van der Waals surface area contributed by atoms with Gasteiger partial charge in [-0.15, -0.1) is 0 Å². The predicted molar refractivity (Wildman–Crippen MR) is 82.3 cm³/mol. The average molecular weight is 285 g/mol. The van der Waals surface area contributed by atoms with Gasteiger partial charge in [0.25, 0.3) is 0 Å². The van der Waals surface area contributed by atoms with Gasteiger partial charge in [0.05, 0.1) is 23.8 Å². The summed E-state index contributed by atoms with van der Waals surface area (Å²) < 4.78 is 0. The maximum absolute atomic E-state index is 12.3. The van der Waals surface area contributed by atoms with E-state index in [0.29, 0.717) is 6.54 Å². The van der Waals surface area contributed by atoms with Crippen molar-refractivity contribution in [3.8, 4) is 0 Å². The number of hydrogen-bond acceptors (Lipinski definition) is 5. The Labute approximate surface area is 123 Å². The minimum Gasteiger partial charge on any atom is -0.349 e. The number of nitrogens with zero attached hydrogens (tertiary/aromatic N) is 4. The lowest BCUT2D eigenvalue weighted by Crippen LogP contribution is -2.49. The number of para-hydroxylation sites is 2. The van der Waals surface area contributed by atoms with Crippen molar-refractivity contribution < 1.29 is 4.79 Å². The third-order valence-electron chi connectivity index (χ3n) is 3.67. The van der Waals surface area contributed by atoms with Crippen LogP contribution < -0.4 is 10.2 Å². The van der Waals surface area contributed by atoms with Crippen LogP contribution in [0.5, 0.6) is 0 Å². The Bertz CT molecular complexity index is 639. The number of aromatic nitrogens is 2. The molecule has 1 aliphatic heterocycles. The Balaban J connectivity index is 1.71. The third kappa shape index (κ3) is 3.11. The van der Waals surface area contributed by atoms with E-state index in [1.807, 2.05) is 41.1 Å². The summed E-state index contributed by atoms with van der Waals surface area (Å²) in [5, 5.41) is 3.24. The number of benzene rings is 1. The highest BCUT2D eigenvalue weighted by Gasteiger charge is 2.18. The molecule has 0 radical (unpaired) electrons. The lowest BCUT2D eigenvalue weighted by molar-refractivity contribution is -0.130. The predicted octanol–water partition coefficient (Wildman–Crippen LogP) is 0.498. The molecule has 0 atom stereocenters. The molecule has 21 heavy (non-hydrogen) atoms. The fourth-order valence-corrected chi connectivity index (χ4v) is 2.43. The number of amides is 1. The molecule has 110 valence electrons. The third-order valence-corrected chi connectivity index (χ3v) is 3.67. The topological polar surface area (TPSA) is 61.4 Å². The summed E-state index contributed by atoms with van der Waals surface area (Å²) in [6.45, 7) is 3.61. The molecule has 1 N–H and O–H groups in total. The Morgan fingerprint density at radius 1 is 1.29 bits per heavy atom. The van der Waals surface area contributed by atoms with Gasteiger partial charge in [0, 0.05) is 33.2 Å². The van der Waals surface area contributed by atoms with Gasteiger partial charge in [-0.3, -0.25) is 9.78 Å². The maximum Gasteiger partial charge on any atom is 0.242 e. The smallest absolute Gasteiger partial charge is 0.242 e. The van der Waals surface area contributed by atoms with Gasteiger partial charge in [0.1, 0.15) is 5.82 Å². The van der Waals surface area contributed by atoms with Crippen LogP contribution in [0.1, 0.15) is 0 Å². The molecule has 1 aromatic heterocycles. The molecule has 0 bridgehead atoms. The Kier molecular flexibility index (Phi) is 3.96. The summed E-state index contributed by atoms with van der Waals surface area (Å²) in [6.07, 6.45) is 1.72. The number of rotatable bonds is 3. The lowest BCUT2D eigenvalue weighted by Gasteiger charge is -2.29. The van der Waals surface area contributed by atoms with E-state index in [4.69, 9.17) is 0 Å². The fraction of sp³-hybridized carbons (Fsp3) is 0.400. The number of likely N-dealkylation sites (N-methyl/N-ethyl adjacent to an activating group) is 1. The summed E-state index contributed by atoms with van der Waals surface area (Å²) in [5.74, 6) is 0.853. The first kappa shape index (κ1) is 13.8. The maximum atomic E-state index is 12.3. The molecule has 2 aromatic rings. The molecule has 2 heterocycles. The van der Waals surface area contributed by atoms with Gasteiger partial charge in [-0.2, -0.15) is 0 Å². The van der Waals surface area contributed by atoms with E-state index in [-0.39, 0.29) is 5.91 Å². The summed E-state index contributed by atoms with van der Waals surface area (Å²) in [5.41, 5.74) is 1.71. The first-order chi connectivity index (χ1) is 10.2. The number of fused-ring (bicyclic) bond motifs is 1. The lowest BCUT2D eigenvalue weighted by atomic mass is 10.3. The van der Waals surface area contributed by atoms with Gasteiger partial charge in [-0.25, -0.2) is 4.98 Å². The largest absolute Gasteiger partial charge is 0.349 e. The summed E-state index contributed by atoms with van der Waals surface area (Å²) in [7, 11) is 1.87. The van der Waals surface area contributed by atoms with Crippen molar-refractivity contribution in [2.75, 3.05) is 44.7 Å². The van der Waals surface area contributed by atoms with Crippen LogP contribution in [0.2, 0.25) is 0 Å². The molecule has 6 heteroatoms. The number of carbonyl (C=O) groups excluding carboxylic acids is 1. The molecule has 1 aliphatic rings. The van der Waals surface area contributed by atoms with Gasteiger partial charge in [0.2, 0.25) is 5.91 Å². The van der Waals surface area contributed by atoms with Crippen molar-refractivity contribution >= 4 is 22.8 Å². The monoisotopic (exact) mass is 285 g/mol. The standard InChI is InChI=1S/C15H19N5O/c1-19(11-15(21)20-8-6-16-7-9-20)14-10-17-12-4-2-3-5-13(12)18-14/h2-5,10,16H,6-9,11H2,1H3. The van der Waals surface area contributed by atoms with E-state index in [1.54, 1.807) is 6.20 Å². The van der Waals surface area contributed by atoms with Crippen molar-refractivity contribution in [2.45, 2.75) is 0 Å². The van der Waals surface area contributed by atoms with E-state index < -0.39 is 0 Å². The van der Waals surface area contributed by atoms with Crippen LogP contribution in [-0.2, 0) is 4.79 Å². The minimum atomic E-state index is 0.133. The molecule has 1 saturated heterocycles. The fourth-order valence-electron chi connectivity index (χ4n) is 2.43. The van der Waals surface area contributed by atoms with Crippen LogP contribution in [-0.4, -0.2) is 60.5 Å². The van der Waals surface area contributed by atoms with E-state index in [0.717, 1.165) is 43.0 Å². The number of carbonyl (C=O) groups is 1. The van der Waals surface area contributed by atoms with Crippen LogP contribution in [0, 0.1) is 0 Å². The second kappa shape index (κ2) is 6.05. The van der Waals surface area contributed by atoms with Crippen LogP contribution in [0.3, 0.4) is 0 Å². The first-order valence-corrected chi connectivity index (χ1v) is 7.15. The quantitative estimate of drug-likeness (QED) is 0.890. The van der Waals surface area contributed by atoms with Crippen LogP contribution in [0.15, 0.2) is 30.5 Å². The number of anilines is 1. The van der Waals surface area contributed by atoms with Gasteiger partial charge < -0.3 is 15.1 Å². The molecule has 3 rings (SSSR count). The summed E-state index contributed by atoms with van der Waals surface area (Å²) in [6, 6.07) is 7.73. The van der Waals surface area contributed by atoms with Crippen molar-refractivity contribution in [3.63, 3.8) is 0 Å². The molecule has 1 amide bonds. The molecule has 0 unspecified atom stereocenters. The molecular formula is C15H19N5O. The molecule has 0 saturated carbocycles. The Morgan fingerprint density at radius 3 is 2.76 bits per heavy atom. The van der Waals surface area contributed by atoms with Crippen molar-refractivity contribution in [1.82, 2.24) is 20.2 Å². The van der Waals surface area contributed by atoms with E-state index >= 15 is 0 Å². The zero-order valence-corrected chi connectivity index (χ0v) is 12.1. The Hall–Kier alpha value is -2.21. The minimum absolute atomic E-state index is 0.133. The highest BCUT2D eigenvalue weighted by molar-refractivity contribution is 5.82. The van der Waals surface area contributed by atoms with Crippen molar-refractivity contribution in [3.05, 3.63) is 30.5 Å². The SMILES string of the molecule is CN(CC(=O)N1CCNCC1)c1cnc2ccccc2n1. The zero-order chi connectivity index (χ0) is 14.7. The molecule has 1 aromatic carbocycles. The van der Waals surface area contributed by atoms with E-state index in [2.05, 4.69) is 15.3 Å². The molecule has 0 aliphatic carbocycles. The normalized spacial score (nSPS) is 15.2. The highest BCUT2D eigenvalue weighted by atomic mass is 16.2. The number of piperazine rings is 1. The molecule has 1 fully saturated rings. The highest BCUT2D eigenvalue weighted by Crippen LogP contribution is 2.14. The van der Waals surface area contributed by atoms with Gasteiger partial charge in [0.15, 0.2) is 0 Å². The van der Waals surface area contributed by atoms with E-state index in [1.165, 1.54) is 0 Å². The number of hydrogen-bond donors (Lipinski definition) is 1. The van der Waals surface area contributed by atoms with Crippen LogP contribution in [0.25, 0.3) is 11.0 Å². The molecular weight excluding hydrogens is 266 g/mol. The second-order valence-corrected chi connectivity index (χ2v) is 5.20. The van der Waals surface area contributed by atoms with Crippen molar-refractivity contribution in [2.24, 2.45) is 0 Å². The molecule has 6 nitrogen and oxygen atoms in total. The van der Waals surface area contributed by atoms with Crippen molar-refractivity contribution in [1.29, 1.82) is 0 Å². The van der Waals surface area contributed by atoms with Gasteiger partial charge >= 0.3 is 0 Å². The zero-order valence-electron chi connectivity index (χ0n) is 12.1. The van der Waals surface area contributed by atoms with E-state index in [9.17, 15) is 4.79 Å². The first-order valence-electron chi connectivity index (χ1n) is 7.15. The van der Waals surface area contributed by atoms with Gasteiger partial charge in [-0.05, 0) is 12.1 Å². The summed E-state index contributed by atoms with van der Waals surface area (Å²) >= 11 is 0. The van der Waals surface area contributed by atoms with Crippen LogP contribution >= 0.6 is 0 Å². The molecule has 0 spiro atoms. The summed E-state index contributed by atoms with van der Waals surface area (Å²) in [4.78, 5) is 24.9. The van der Waals surface area contributed by atoms with Crippen LogP contribution in [0.4, 0.5) is 5.82 Å².